The molecule has 0 spiro atoms. The Hall–Kier alpha value is -0.630. The lowest BCUT2D eigenvalue weighted by Crippen LogP contribution is -2.15. The summed E-state index contributed by atoms with van der Waals surface area (Å²) in [5.41, 5.74) is 1.18. The van der Waals surface area contributed by atoms with Gasteiger partial charge in [0, 0.05) is 17.5 Å². The van der Waals surface area contributed by atoms with Crippen molar-refractivity contribution in [1.29, 1.82) is 0 Å². The Morgan fingerprint density at radius 2 is 1.94 bits per heavy atom. The molecule has 0 saturated heterocycles. The van der Waals surface area contributed by atoms with E-state index in [9.17, 15) is 0 Å². The van der Waals surface area contributed by atoms with Gasteiger partial charge in [0.2, 0.25) is 0 Å². The van der Waals surface area contributed by atoms with Gasteiger partial charge in [-0.05, 0) is 37.7 Å². The molecule has 0 aromatic carbocycles. The third kappa shape index (κ3) is 2.62. The van der Waals surface area contributed by atoms with Crippen LogP contribution in [0.1, 0.15) is 68.8 Å². The Morgan fingerprint density at radius 1 is 1.12 bits per heavy atom. The molecule has 2 nitrogen and oxygen atoms in total. The molecule has 2 fully saturated rings. The van der Waals surface area contributed by atoms with Crippen LogP contribution in [0, 0.1) is 5.92 Å². The van der Waals surface area contributed by atoms with Crippen molar-refractivity contribution in [2.45, 2.75) is 57.3 Å². The zero-order valence-electron chi connectivity index (χ0n) is 10.3. The average molecular weight is 251 g/mol. The largest absolute Gasteiger partial charge is 0.237 e. The summed E-state index contributed by atoms with van der Waals surface area (Å²) < 4.78 is 0. The SMILES string of the molecule is CC1CCCC(c2nc(Cl)cc(C3CC3)n2)C1. The molecule has 92 valence electrons. The smallest absolute Gasteiger partial charge is 0.133 e. The van der Waals surface area contributed by atoms with Crippen molar-refractivity contribution in [1.82, 2.24) is 9.97 Å². The maximum absolute atomic E-state index is 6.13. The lowest BCUT2D eigenvalue weighted by Gasteiger charge is -2.25. The first-order chi connectivity index (χ1) is 8.22. The minimum atomic E-state index is 0.537. The molecule has 1 aromatic heterocycles. The molecule has 1 heterocycles. The average Bonchev–Trinajstić information content (AvgIpc) is 3.12. The van der Waals surface area contributed by atoms with Crippen molar-refractivity contribution in [3.8, 4) is 0 Å². The Labute approximate surface area is 108 Å². The number of halogens is 1. The van der Waals surface area contributed by atoms with Crippen LogP contribution in [0.5, 0.6) is 0 Å². The molecular weight excluding hydrogens is 232 g/mol. The fraction of sp³-hybridized carbons (Fsp3) is 0.714. The second kappa shape index (κ2) is 4.56. The van der Waals surface area contributed by atoms with Crippen molar-refractivity contribution in [2.75, 3.05) is 0 Å². The van der Waals surface area contributed by atoms with E-state index in [2.05, 4.69) is 11.9 Å². The fourth-order valence-electron chi connectivity index (χ4n) is 2.89. The van der Waals surface area contributed by atoms with Crippen LogP contribution in [0.2, 0.25) is 5.15 Å². The summed E-state index contributed by atoms with van der Waals surface area (Å²) in [6, 6.07) is 1.95. The van der Waals surface area contributed by atoms with Gasteiger partial charge in [-0.2, -0.15) is 0 Å². The molecule has 2 unspecified atom stereocenters. The summed E-state index contributed by atoms with van der Waals surface area (Å²) in [5.74, 6) is 3.01. The second-order valence-corrected chi connectivity index (χ2v) is 6.10. The van der Waals surface area contributed by atoms with Gasteiger partial charge in [-0.1, -0.05) is 31.4 Å². The summed E-state index contributed by atoms with van der Waals surface area (Å²) in [4.78, 5) is 9.21. The number of hydrogen-bond acceptors (Lipinski definition) is 2. The van der Waals surface area contributed by atoms with Gasteiger partial charge < -0.3 is 0 Å². The summed E-state index contributed by atoms with van der Waals surface area (Å²) in [7, 11) is 0. The predicted molar refractivity (Wildman–Crippen MR) is 69.4 cm³/mol. The van der Waals surface area contributed by atoms with Crippen LogP contribution in [-0.2, 0) is 0 Å². The van der Waals surface area contributed by atoms with Crippen LogP contribution in [0.4, 0.5) is 0 Å². The van der Waals surface area contributed by atoms with E-state index in [-0.39, 0.29) is 0 Å². The molecule has 3 rings (SSSR count). The van der Waals surface area contributed by atoms with E-state index < -0.39 is 0 Å². The number of aromatic nitrogens is 2. The van der Waals surface area contributed by atoms with E-state index in [0.29, 0.717) is 17.0 Å². The van der Waals surface area contributed by atoms with Crippen LogP contribution in [0.15, 0.2) is 6.07 Å². The van der Waals surface area contributed by atoms with Gasteiger partial charge in [0.05, 0.1) is 0 Å². The minimum Gasteiger partial charge on any atom is -0.237 e. The summed E-state index contributed by atoms with van der Waals surface area (Å²) >= 11 is 6.13. The molecule has 1 aromatic rings. The fourth-order valence-corrected chi connectivity index (χ4v) is 3.09. The molecule has 0 radical (unpaired) electrons. The van der Waals surface area contributed by atoms with E-state index >= 15 is 0 Å². The van der Waals surface area contributed by atoms with Crippen LogP contribution >= 0.6 is 11.6 Å². The second-order valence-electron chi connectivity index (χ2n) is 5.72. The van der Waals surface area contributed by atoms with Crippen molar-refractivity contribution in [3.05, 3.63) is 22.7 Å². The van der Waals surface area contributed by atoms with Crippen molar-refractivity contribution in [3.63, 3.8) is 0 Å². The van der Waals surface area contributed by atoms with Crippen molar-refractivity contribution in [2.24, 2.45) is 5.92 Å². The first-order valence-electron chi connectivity index (χ1n) is 6.76. The highest BCUT2D eigenvalue weighted by Gasteiger charge is 2.28. The van der Waals surface area contributed by atoms with E-state index in [1.807, 2.05) is 6.07 Å². The number of nitrogens with zero attached hydrogens (tertiary/aromatic N) is 2. The molecule has 2 aliphatic rings. The zero-order chi connectivity index (χ0) is 11.8. The first kappa shape index (κ1) is 11.5. The highest BCUT2D eigenvalue weighted by molar-refractivity contribution is 6.29. The van der Waals surface area contributed by atoms with E-state index in [0.717, 1.165) is 11.7 Å². The summed E-state index contributed by atoms with van der Waals surface area (Å²) in [5, 5.41) is 0.634. The Bertz CT molecular complexity index is 415. The monoisotopic (exact) mass is 250 g/mol. The standard InChI is InChI=1S/C14H19ClN2/c1-9-3-2-4-11(7-9)14-16-12(10-5-6-10)8-13(15)17-14/h8-11H,2-7H2,1H3. The Balaban J connectivity index is 1.85. The molecule has 0 bridgehead atoms. The zero-order valence-corrected chi connectivity index (χ0v) is 11.1. The van der Waals surface area contributed by atoms with Gasteiger partial charge in [-0.15, -0.1) is 0 Å². The maximum atomic E-state index is 6.13. The van der Waals surface area contributed by atoms with E-state index in [4.69, 9.17) is 16.6 Å². The topological polar surface area (TPSA) is 25.8 Å². The third-order valence-corrected chi connectivity index (χ3v) is 4.22. The van der Waals surface area contributed by atoms with Gasteiger partial charge in [-0.3, -0.25) is 0 Å². The van der Waals surface area contributed by atoms with Gasteiger partial charge in [0.15, 0.2) is 0 Å². The highest BCUT2D eigenvalue weighted by atomic mass is 35.5. The molecule has 3 heteroatoms. The van der Waals surface area contributed by atoms with Gasteiger partial charge >= 0.3 is 0 Å². The molecule has 0 amide bonds. The molecular formula is C14H19ClN2. The normalized spacial score (nSPS) is 29.3. The Kier molecular flexibility index (Phi) is 3.08. The van der Waals surface area contributed by atoms with Crippen molar-refractivity contribution >= 4 is 11.6 Å². The molecule has 0 aliphatic heterocycles. The quantitative estimate of drug-likeness (QED) is 0.732. The predicted octanol–water partition coefficient (Wildman–Crippen LogP) is 4.30. The number of rotatable bonds is 2. The lowest BCUT2D eigenvalue weighted by molar-refractivity contribution is 0.334. The minimum absolute atomic E-state index is 0.537. The van der Waals surface area contributed by atoms with Gasteiger partial charge in [0.1, 0.15) is 11.0 Å². The van der Waals surface area contributed by atoms with Crippen LogP contribution in [0.3, 0.4) is 0 Å². The molecule has 17 heavy (non-hydrogen) atoms. The molecule has 2 saturated carbocycles. The third-order valence-electron chi connectivity index (χ3n) is 4.03. The maximum Gasteiger partial charge on any atom is 0.133 e. The highest BCUT2D eigenvalue weighted by Crippen LogP contribution is 2.41. The van der Waals surface area contributed by atoms with Crippen LogP contribution in [0.25, 0.3) is 0 Å². The summed E-state index contributed by atoms with van der Waals surface area (Å²) in [6.07, 6.45) is 7.66. The van der Waals surface area contributed by atoms with Crippen LogP contribution < -0.4 is 0 Å². The number of hydrogen-bond donors (Lipinski definition) is 0. The van der Waals surface area contributed by atoms with Gasteiger partial charge in [-0.25, -0.2) is 9.97 Å². The van der Waals surface area contributed by atoms with E-state index in [1.54, 1.807) is 0 Å². The first-order valence-corrected chi connectivity index (χ1v) is 7.14. The van der Waals surface area contributed by atoms with Crippen molar-refractivity contribution < 1.29 is 0 Å². The van der Waals surface area contributed by atoms with Crippen LogP contribution in [-0.4, -0.2) is 9.97 Å². The Morgan fingerprint density at radius 3 is 2.65 bits per heavy atom. The lowest BCUT2D eigenvalue weighted by atomic mass is 9.82. The van der Waals surface area contributed by atoms with Gasteiger partial charge in [0.25, 0.3) is 0 Å². The molecule has 2 atom stereocenters. The summed E-state index contributed by atoms with van der Waals surface area (Å²) in [6.45, 7) is 2.33. The molecule has 0 N–H and O–H groups in total. The van der Waals surface area contributed by atoms with E-state index in [1.165, 1.54) is 44.2 Å². The molecule has 2 aliphatic carbocycles.